The molecule has 1 aromatic carbocycles. The van der Waals surface area contributed by atoms with E-state index in [1.165, 1.54) is 31.0 Å². The van der Waals surface area contributed by atoms with E-state index in [4.69, 9.17) is 9.84 Å². The monoisotopic (exact) mass is 316 g/mol. The number of rotatable bonds is 7. The molecule has 21 heavy (non-hydrogen) atoms. The number of nitrogens with one attached hydrogen (secondary N) is 2. The van der Waals surface area contributed by atoms with E-state index in [0.717, 1.165) is 6.07 Å². The molecule has 1 atom stereocenters. The van der Waals surface area contributed by atoms with Crippen molar-refractivity contribution in [2.75, 3.05) is 24.4 Å². The maximum atomic E-state index is 13.5. The van der Waals surface area contributed by atoms with Crippen molar-refractivity contribution >= 4 is 29.4 Å². The summed E-state index contributed by atoms with van der Waals surface area (Å²) in [5.41, 5.74) is 0.208. The minimum Gasteiger partial charge on any atom is -0.494 e. The molecule has 0 heterocycles. The van der Waals surface area contributed by atoms with Crippen LogP contribution in [0.2, 0.25) is 0 Å². The predicted octanol–water partition coefficient (Wildman–Crippen LogP) is 2.16. The molecular weight excluding hydrogens is 299 g/mol. The number of carbonyl (C=O) groups is 2. The Morgan fingerprint density at radius 2 is 2.19 bits per heavy atom. The van der Waals surface area contributed by atoms with E-state index in [2.05, 4.69) is 10.6 Å². The minimum absolute atomic E-state index is 0.0596. The van der Waals surface area contributed by atoms with Crippen LogP contribution in [0.4, 0.5) is 14.9 Å². The molecule has 0 aromatic heterocycles. The summed E-state index contributed by atoms with van der Waals surface area (Å²) in [6, 6.07) is 2.23. The molecule has 0 aliphatic rings. The third-order valence-electron chi connectivity index (χ3n) is 2.62. The van der Waals surface area contributed by atoms with Crippen LogP contribution in [0.3, 0.4) is 0 Å². The number of carboxylic acid groups (broad SMARTS) is 1. The lowest BCUT2D eigenvalue weighted by Gasteiger charge is -2.15. The maximum absolute atomic E-state index is 13.5. The second-order valence-corrected chi connectivity index (χ2v) is 5.11. The molecule has 0 saturated heterocycles. The van der Waals surface area contributed by atoms with Gasteiger partial charge in [0.2, 0.25) is 0 Å². The number of benzene rings is 1. The number of carbonyl (C=O) groups excluding carboxylic acids is 1. The number of hydrogen-bond donors (Lipinski definition) is 3. The molecule has 3 N–H and O–H groups in total. The van der Waals surface area contributed by atoms with Crippen LogP contribution in [0.5, 0.6) is 5.75 Å². The number of thioether (sulfide) groups is 1. The lowest BCUT2D eigenvalue weighted by molar-refractivity contribution is -0.139. The minimum atomic E-state index is -1.11. The van der Waals surface area contributed by atoms with Gasteiger partial charge in [-0.25, -0.2) is 14.0 Å². The van der Waals surface area contributed by atoms with Crippen LogP contribution >= 0.6 is 11.8 Å². The Hall–Kier alpha value is -1.96. The molecule has 1 aromatic rings. The molecule has 6 nitrogen and oxygen atoms in total. The third kappa shape index (κ3) is 5.50. The second kappa shape index (κ2) is 8.35. The first kappa shape index (κ1) is 17.1. The van der Waals surface area contributed by atoms with Gasteiger partial charge in [0.25, 0.3) is 0 Å². The number of urea groups is 1. The summed E-state index contributed by atoms with van der Waals surface area (Å²) < 4.78 is 18.2. The zero-order valence-electron chi connectivity index (χ0n) is 11.7. The fraction of sp³-hybridized carbons (Fsp3) is 0.385. The molecule has 0 aliphatic heterocycles. The first-order valence-corrected chi connectivity index (χ1v) is 7.50. The summed E-state index contributed by atoms with van der Waals surface area (Å²) in [5.74, 6) is -1.06. The summed E-state index contributed by atoms with van der Waals surface area (Å²) in [5, 5.41) is 13.7. The van der Waals surface area contributed by atoms with Gasteiger partial charge in [0, 0.05) is 11.8 Å². The molecule has 0 aliphatic carbocycles. The fourth-order valence-electron chi connectivity index (χ4n) is 1.56. The molecule has 0 fully saturated rings. The van der Waals surface area contributed by atoms with E-state index < -0.39 is 23.9 Å². The molecular formula is C13H17FN2O4S. The van der Waals surface area contributed by atoms with E-state index in [0.29, 0.717) is 12.2 Å². The topological polar surface area (TPSA) is 87.7 Å². The van der Waals surface area contributed by atoms with Gasteiger partial charge >= 0.3 is 12.0 Å². The average Bonchev–Trinajstić information content (AvgIpc) is 2.43. The Morgan fingerprint density at radius 3 is 2.71 bits per heavy atom. The Morgan fingerprint density at radius 1 is 1.48 bits per heavy atom. The van der Waals surface area contributed by atoms with Crippen molar-refractivity contribution in [3.63, 3.8) is 0 Å². The van der Waals surface area contributed by atoms with Gasteiger partial charge in [0.05, 0.1) is 7.11 Å². The van der Waals surface area contributed by atoms with Gasteiger partial charge < -0.3 is 20.5 Å². The van der Waals surface area contributed by atoms with Crippen molar-refractivity contribution in [2.45, 2.75) is 12.5 Å². The lowest BCUT2D eigenvalue weighted by atomic mass is 10.2. The number of anilines is 1. The first-order valence-electron chi connectivity index (χ1n) is 6.10. The quantitative estimate of drug-likeness (QED) is 0.717. The molecule has 0 spiro atoms. The molecule has 1 rings (SSSR count). The Balaban J connectivity index is 2.63. The van der Waals surface area contributed by atoms with Crippen molar-refractivity contribution < 1.29 is 23.8 Å². The van der Waals surface area contributed by atoms with Crippen LogP contribution in [-0.4, -0.2) is 42.3 Å². The number of carboxylic acids is 1. The molecule has 2 amide bonds. The van der Waals surface area contributed by atoms with E-state index >= 15 is 0 Å². The molecule has 0 bridgehead atoms. The van der Waals surface area contributed by atoms with Crippen LogP contribution in [0, 0.1) is 5.82 Å². The highest BCUT2D eigenvalue weighted by Crippen LogP contribution is 2.20. The Bertz CT molecular complexity index is 513. The first-order chi connectivity index (χ1) is 9.97. The van der Waals surface area contributed by atoms with E-state index in [1.807, 2.05) is 6.26 Å². The maximum Gasteiger partial charge on any atom is 0.326 e. The molecule has 0 saturated carbocycles. The van der Waals surface area contributed by atoms with Gasteiger partial charge in [0.15, 0.2) is 11.6 Å². The van der Waals surface area contributed by atoms with Gasteiger partial charge in [-0.3, -0.25) is 0 Å². The number of amides is 2. The number of hydrogen-bond acceptors (Lipinski definition) is 4. The highest BCUT2D eigenvalue weighted by molar-refractivity contribution is 7.98. The van der Waals surface area contributed by atoms with Crippen molar-refractivity contribution in [2.24, 2.45) is 0 Å². The van der Waals surface area contributed by atoms with Crippen molar-refractivity contribution in [1.82, 2.24) is 5.32 Å². The number of ether oxygens (including phenoxy) is 1. The number of aliphatic carboxylic acids is 1. The van der Waals surface area contributed by atoms with Crippen molar-refractivity contribution in [3.8, 4) is 5.75 Å². The molecule has 8 heteroatoms. The van der Waals surface area contributed by atoms with Crippen LogP contribution < -0.4 is 15.4 Å². The zero-order chi connectivity index (χ0) is 15.8. The normalized spacial score (nSPS) is 11.6. The standard InChI is InChI=1S/C13H17FN2O4S/c1-20-11-4-3-8(7-9(11)14)15-13(19)16-10(12(17)18)5-6-21-2/h3-4,7,10H,5-6H2,1-2H3,(H,17,18)(H2,15,16,19). The Labute approximate surface area is 126 Å². The summed E-state index contributed by atoms with van der Waals surface area (Å²) in [7, 11) is 1.33. The lowest BCUT2D eigenvalue weighted by Crippen LogP contribution is -2.43. The van der Waals surface area contributed by atoms with Crippen LogP contribution in [0.1, 0.15) is 6.42 Å². The third-order valence-corrected chi connectivity index (χ3v) is 3.27. The molecule has 0 radical (unpaired) electrons. The zero-order valence-corrected chi connectivity index (χ0v) is 12.5. The van der Waals surface area contributed by atoms with Gasteiger partial charge in [-0.1, -0.05) is 0 Å². The van der Waals surface area contributed by atoms with Gasteiger partial charge in [-0.15, -0.1) is 0 Å². The summed E-state index contributed by atoms with van der Waals surface area (Å²) >= 11 is 1.49. The van der Waals surface area contributed by atoms with Gasteiger partial charge in [0.1, 0.15) is 6.04 Å². The predicted molar refractivity (Wildman–Crippen MR) is 79.5 cm³/mol. The van der Waals surface area contributed by atoms with E-state index in [9.17, 15) is 14.0 Å². The second-order valence-electron chi connectivity index (χ2n) is 4.12. The SMILES string of the molecule is COc1ccc(NC(=O)NC(CCSC)C(=O)O)cc1F. The summed E-state index contributed by atoms with van der Waals surface area (Å²) in [4.78, 5) is 22.7. The smallest absolute Gasteiger partial charge is 0.326 e. The van der Waals surface area contributed by atoms with Gasteiger partial charge in [-0.2, -0.15) is 11.8 Å². The van der Waals surface area contributed by atoms with Crippen LogP contribution in [0.15, 0.2) is 18.2 Å². The van der Waals surface area contributed by atoms with Crippen molar-refractivity contribution in [1.29, 1.82) is 0 Å². The highest BCUT2D eigenvalue weighted by atomic mass is 32.2. The number of halogens is 1. The number of methoxy groups -OCH3 is 1. The average molecular weight is 316 g/mol. The van der Waals surface area contributed by atoms with Crippen molar-refractivity contribution in [3.05, 3.63) is 24.0 Å². The molecule has 1 unspecified atom stereocenters. The van der Waals surface area contributed by atoms with E-state index in [1.54, 1.807) is 0 Å². The van der Waals surface area contributed by atoms with Crippen LogP contribution in [0.25, 0.3) is 0 Å². The highest BCUT2D eigenvalue weighted by Gasteiger charge is 2.19. The fourth-order valence-corrected chi connectivity index (χ4v) is 2.03. The van der Waals surface area contributed by atoms with Gasteiger partial charge in [-0.05, 0) is 30.6 Å². The molecule has 116 valence electrons. The largest absolute Gasteiger partial charge is 0.494 e. The Kier molecular flexibility index (Phi) is 6.80. The van der Waals surface area contributed by atoms with Crippen LogP contribution in [-0.2, 0) is 4.79 Å². The summed E-state index contributed by atoms with van der Waals surface area (Å²) in [6.45, 7) is 0. The summed E-state index contributed by atoms with van der Waals surface area (Å²) in [6.07, 6.45) is 2.15. The van der Waals surface area contributed by atoms with E-state index in [-0.39, 0.29) is 11.4 Å².